The van der Waals surface area contributed by atoms with Crippen LogP contribution in [-0.2, 0) is 4.79 Å². The molecule has 0 spiro atoms. The van der Waals surface area contributed by atoms with Crippen LogP contribution in [0.1, 0.15) is 54.4 Å². The molecule has 0 fully saturated rings. The first-order chi connectivity index (χ1) is 5.72. The number of hydrogen-bond acceptors (Lipinski definition) is 1. The van der Waals surface area contributed by atoms with Crippen LogP contribution in [0.5, 0.6) is 0 Å². The molecule has 1 heteroatoms. The summed E-state index contributed by atoms with van der Waals surface area (Å²) >= 11 is 0. The summed E-state index contributed by atoms with van der Waals surface area (Å²) in [7, 11) is 0. The number of carbonyl (C=O) groups excluding carboxylic acids is 1. The minimum Gasteiger partial charge on any atom is -0.300 e. The lowest BCUT2D eigenvalue weighted by molar-refractivity contribution is -0.122. The Morgan fingerprint density at radius 3 is 1.92 bits per heavy atom. The van der Waals surface area contributed by atoms with Crippen LogP contribution in [0.15, 0.2) is 0 Å². The van der Waals surface area contributed by atoms with Gasteiger partial charge in [-0.15, -0.1) is 0 Å². The predicted octanol–water partition coefficient (Wildman–Crippen LogP) is 3.67. The second kappa shape index (κ2) is 4.78. The van der Waals surface area contributed by atoms with Crippen LogP contribution in [0.2, 0.25) is 0 Å². The SMILES string of the molecule is CC(=O)C(CC(C)C)CC(C)(C)C. The van der Waals surface area contributed by atoms with Crippen LogP contribution in [0.25, 0.3) is 0 Å². The van der Waals surface area contributed by atoms with Crippen molar-refractivity contribution in [3.05, 3.63) is 0 Å². The van der Waals surface area contributed by atoms with Crippen molar-refractivity contribution in [3.63, 3.8) is 0 Å². The van der Waals surface area contributed by atoms with Crippen molar-refractivity contribution in [3.8, 4) is 0 Å². The number of hydrogen-bond donors (Lipinski definition) is 0. The fraction of sp³-hybridized carbons (Fsp3) is 0.917. The highest BCUT2D eigenvalue weighted by atomic mass is 16.1. The van der Waals surface area contributed by atoms with Crippen LogP contribution in [-0.4, -0.2) is 5.78 Å². The van der Waals surface area contributed by atoms with E-state index in [0.717, 1.165) is 12.8 Å². The van der Waals surface area contributed by atoms with Gasteiger partial charge in [0.25, 0.3) is 0 Å². The van der Waals surface area contributed by atoms with Gasteiger partial charge in [0.1, 0.15) is 5.78 Å². The Bertz CT molecular complexity index is 162. The maximum absolute atomic E-state index is 11.4. The Labute approximate surface area is 82.9 Å². The Balaban J connectivity index is 4.19. The highest BCUT2D eigenvalue weighted by molar-refractivity contribution is 5.78. The van der Waals surface area contributed by atoms with E-state index in [4.69, 9.17) is 0 Å². The first-order valence-electron chi connectivity index (χ1n) is 5.23. The first kappa shape index (κ1) is 12.7. The summed E-state index contributed by atoms with van der Waals surface area (Å²) in [5.74, 6) is 1.24. The largest absolute Gasteiger partial charge is 0.300 e. The second-order valence-corrected chi connectivity index (χ2v) is 5.70. The molecule has 1 unspecified atom stereocenters. The van der Waals surface area contributed by atoms with Gasteiger partial charge < -0.3 is 0 Å². The Hall–Kier alpha value is -0.330. The van der Waals surface area contributed by atoms with Gasteiger partial charge in [-0.2, -0.15) is 0 Å². The lowest BCUT2D eigenvalue weighted by Gasteiger charge is -2.25. The van der Waals surface area contributed by atoms with Gasteiger partial charge >= 0.3 is 0 Å². The summed E-state index contributed by atoms with van der Waals surface area (Å²) in [4.78, 5) is 11.4. The van der Waals surface area contributed by atoms with E-state index in [2.05, 4.69) is 34.6 Å². The molecule has 0 aliphatic heterocycles. The van der Waals surface area contributed by atoms with Gasteiger partial charge in [0.2, 0.25) is 0 Å². The highest BCUT2D eigenvalue weighted by Crippen LogP contribution is 2.28. The monoisotopic (exact) mass is 184 g/mol. The molecule has 0 rings (SSSR count). The van der Waals surface area contributed by atoms with E-state index in [0.29, 0.717) is 11.7 Å². The van der Waals surface area contributed by atoms with E-state index >= 15 is 0 Å². The van der Waals surface area contributed by atoms with Crippen LogP contribution in [0, 0.1) is 17.3 Å². The van der Waals surface area contributed by atoms with E-state index < -0.39 is 0 Å². The summed E-state index contributed by atoms with van der Waals surface area (Å²) < 4.78 is 0. The molecule has 0 N–H and O–H groups in total. The summed E-state index contributed by atoms with van der Waals surface area (Å²) in [6.07, 6.45) is 2.05. The van der Waals surface area contributed by atoms with Crippen molar-refractivity contribution in [2.24, 2.45) is 17.3 Å². The van der Waals surface area contributed by atoms with Gasteiger partial charge in [-0.05, 0) is 31.1 Å². The normalized spacial score (nSPS) is 14.7. The van der Waals surface area contributed by atoms with Gasteiger partial charge in [0.15, 0.2) is 0 Å². The standard InChI is InChI=1S/C12H24O/c1-9(2)7-11(10(3)13)8-12(4,5)6/h9,11H,7-8H2,1-6H3. The summed E-state index contributed by atoms with van der Waals surface area (Å²) in [5, 5.41) is 0. The molecule has 13 heavy (non-hydrogen) atoms. The third-order valence-corrected chi connectivity index (χ3v) is 2.19. The van der Waals surface area contributed by atoms with E-state index in [9.17, 15) is 4.79 Å². The van der Waals surface area contributed by atoms with E-state index in [-0.39, 0.29) is 11.3 Å². The number of rotatable bonds is 4. The fourth-order valence-electron chi connectivity index (χ4n) is 1.70. The molecule has 0 heterocycles. The average molecular weight is 184 g/mol. The zero-order valence-electron chi connectivity index (χ0n) is 9.98. The predicted molar refractivity (Wildman–Crippen MR) is 57.7 cm³/mol. The lowest BCUT2D eigenvalue weighted by Crippen LogP contribution is -2.20. The molecular formula is C12H24O. The molecule has 78 valence electrons. The van der Waals surface area contributed by atoms with Gasteiger partial charge in [-0.25, -0.2) is 0 Å². The molecule has 1 nitrogen and oxygen atoms in total. The van der Waals surface area contributed by atoms with Crippen molar-refractivity contribution in [2.75, 3.05) is 0 Å². The Kier molecular flexibility index (Phi) is 4.66. The molecular weight excluding hydrogens is 160 g/mol. The molecule has 0 aromatic carbocycles. The minimum atomic E-state index is 0.264. The third-order valence-electron chi connectivity index (χ3n) is 2.19. The van der Waals surface area contributed by atoms with E-state index in [1.54, 1.807) is 6.92 Å². The third kappa shape index (κ3) is 6.80. The van der Waals surface area contributed by atoms with E-state index in [1.807, 2.05) is 0 Å². The number of ketones is 1. The van der Waals surface area contributed by atoms with Crippen LogP contribution >= 0.6 is 0 Å². The quantitative estimate of drug-likeness (QED) is 0.651. The molecule has 0 aromatic rings. The fourth-order valence-corrected chi connectivity index (χ4v) is 1.70. The highest BCUT2D eigenvalue weighted by Gasteiger charge is 2.22. The smallest absolute Gasteiger partial charge is 0.132 e. The number of Topliss-reactive ketones (excluding diaryl/α,β-unsaturated/α-hetero) is 1. The minimum absolute atomic E-state index is 0.264. The lowest BCUT2D eigenvalue weighted by atomic mass is 9.79. The maximum Gasteiger partial charge on any atom is 0.132 e. The molecule has 0 aliphatic carbocycles. The molecule has 0 radical (unpaired) electrons. The van der Waals surface area contributed by atoms with Crippen molar-refractivity contribution >= 4 is 5.78 Å². The molecule has 0 saturated heterocycles. The molecule has 0 bridgehead atoms. The topological polar surface area (TPSA) is 17.1 Å². The van der Waals surface area contributed by atoms with Crippen LogP contribution in [0.3, 0.4) is 0 Å². The summed E-state index contributed by atoms with van der Waals surface area (Å²) in [6, 6.07) is 0. The average Bonchev–Trinajstić information content (AvgIpc) is 1.81. The van der Waals surface area contributed by atoms with Crippen molar-refractivity contribution in [2.45, 2.75) is 54.4 Å². The molecule has 0 aliphatic rings. The van der Waals surface area contributed by atoms with Crippen molar-refractivity contribution in [1.82, 2.24) is 0 Å². The molecule has 0 saturated carbocycles. The van der Waals surface area contributed by atoms with Crippen molar-refractivity contribution in [1.29, 1.82) is 0 Å². The van der Waals surface area contributed by atoms with Gasteiger partial charge in [-0.1, -0.05) is 34.6 Å². The molecule has 0 aromatic heterocycles. The van der Waals surface area contributed by atoms with Gasteiger partial charge in [0.05, 0.1) is 0 Å². The summed E-state index contributed by atoms with van der Waals surface area (Å²) in [5.41, 5.74) is 0.269. The first-order valence-corrected chi connectivity index (χ1v) is 5.23. The Morgan fingerprint density at radius 2 is 1.69 bits per heavy atom. The maximum atomic E-state index is 11.4. The Morgan fingerprint density at radius 1 is 1.23 bits per heavy atom. The summed E-state index contributed by atoms with van der Waals surface area (Å²) in [6.45, 7) is 12.7. The molecule has 0 amide bonds. The van der Waals surface area contributed by atoms with Gasteiger partial charge in [-0.3, -0.25) is 4.79 Å². The molecule has 1 atom stereocenters. The van der Waals surface area contributed by atoms with Crippen molar-refractivity contribution < 1.29 is 4.79 Å². The number of carbonyl (C=O) groups is 1. The zero-order chi connectivity index (χ0) is 10.6. The van der Waals surface area contributed by atoms with Crippen LogP contribution < -0.4 is 0 Å². The van der Waals surface area contributed by atoms with Gasteiger partial charge in [0, 0.05) is 5.92 Å². The van der Waals surface area contributed by atoms with E-state index in [1.165, 1.54) is 0 Å². The second-order valence-electron chi connectivity index (χ2n) is 5.70. The van der Waals surface area contributed by atoms with Crippen LogP contribution in [0.4, 0.5) is 0 Å². The zero-order valence-corrected chi connectivity index (χ0v) is 9.98.